The zero-order chi connectivity index (χ0) is 17.2. The average molecular weight is 360 g/mol. The molecule has 1 atom stereocenters. The van der Waals surface area contributed by atoms with Crippen LogP contribution in [0.2, 0.25) is 4.34 Å². The van der Waals surface area contributed by atoms with Crippen LogP contribution in [-0.4, -0.2) is 23.3 Å². The molecule has 23 heavy (non-hydrogen) atoms. The molecule has 1 aromatic heterocycles. The van der Waals surface area contributed by atoms with Crippen LogP contribution in [0.5, 0.6) is 0 Å². The van der Waals surface area contributed by atoms with Crippen molar-refractivity contribution in [2.24, 2.45) is 0 Å². The van der Waals surface area contributed by atoms with Gasteiger partial charge in [-0.2, -0.15) is 0 Å². The number of amides is 1. The summed E-state index contributed by atoms with van der Waals surface area (Å²) in [5, 5.41) is 12.5. The van der Waals surface area contributed by atoms with Gasteiger partial charge in [0.15, 0.2) is 0 Å². The molecule has 1 amide bonds. The van der Waals surface area contributed by atoms with Crippen LogP contribution in [0.4, 0.5) is 8.78 Å². The van der Waals surface area contributed by atoms with E-state index in [1.54, 1.807) is 0 Å². The minimum absolute atomic E-state index is 0.153. The number of carbonyl (C=O) groups excluding carboxylic acids is 2. The van der Waals surface area contributed by atoms with E-state index < -0.39 is 35.5 Å². The van der Waals surface area contributed by atoms with Crippen molar-refractivity contribution in [1.29, 1.82) is 0 Å². The molecule has 1 heterocycles. The van der Waals surface area contributed by atoms with Crippen LogP contribution in [0.1, 0.15) is 22.2 Å². The number of thiophene rings is 1. The van der Waals surface area contributed by atoms with Gasteiger partial charge in [0, 0.05) is 11.6 Å². The predicted molar refractivity (Wildman–Crippen MR) is 82.6 cm³/mol. The van der Waals surface area contributed by atoms with Gasteiger partial charge in [-0.05, 0) is 25.1 Å². The van der Waals surface area contributed by atoms with E-state index in [1.807, 2.05) is 0 Å². The van der Waals surface area contributed by atoms with Crippen molar-refractivity contribution in [3.8, 4) is 0 Å². The number of halogens is 3. The van der Waals surface area contributed by atoms with Crippen molar-refractivity contribution in [3.05, 3.63) is 56.7 Å². The summed E-state index contributed by atoms with van der Waals surface area (Å²) in [6.45, 7) is 0.829. The molecule has 0 saturated carbocycles. The second-order valence-corrected chi connectivity index (χ2v) is 6.73. The Morgan fingerprint density at radius 2 is 2.00 bits per heavy atom. The first-order chi connectivity index (χ1) is 10.7. The molecule has 0 spiro atoms. The quantitative estimate of drug-likeness (QED) is 0.637. The zero-order valence-electron chi connectivity index (χ0n) is 11.9. The molecule has 122 valence electrons. The van der Waals surface area contributed by atoms with Crippen LogP contribution < -0.4 is 5.32 Å². The van der Waals surface area contributed by atoms with Gasteiger partial charge in [0.05, 0.1) is 15.8 Å². The lowest BCUT2D eigenvalue weighted by molar-refractivity contribution is -0.118. The largest absolute Gasteiger partial charge is 0.383 e. The molecule has 0 bridgehead atoms. The molecule has 1 unspecified atom stereocenters. The number of Topliss-reactive ketones (excluding diaryl/α,β-unsaturated/α-hetero) is 1. The molecule has 0 aliphatic carbocycles. The van der Waals surface area contributed by atoms with E-state index in [2.05, 4.69) is 5.32 Å². The second kappa shape index (κ2) is 6.74. The van der Waals surface area contributed by atoms with Crippen molar-refractivity contribution in [2.45, 2.75) is 12.5 Å². The highest BCUT2D eigenvalue weighted by atomic mass is 35.5. The standard InChI is InChI=1S/C15H12ClF2NO3S/c1-15(22,9-3-2-8(17)6-10(9)18)7-19-14(21)13(20)11-4-5-12(16)23-11/h2-6,22H,7H2,1H3,(H,19,21). The maximum absolute atomic E-state index is 13.7. The molecule has 1 aromatic carbocycles. The third-order valence-electron chi connectivity index (χ3n) is 3.11. The topological polar surface area (TPSA) is 66.4 Å². The first kappa shape index (κ1) is 17.5. The lowest BCUT2D eigenvalue weighted by Crippen LogP contribution is -2.41. The number of benzene rings is 1. The van der Waals surface area contributed by atoms with E-state index in [-0.39, 0.29) is 10.4 Å². The van der Waals surface area contributed by atoms with Gasteiger partial charge in [0.2, 0.25) is 0 Å². The van der Waals surface area contributed by atoms with E-state index in [9.17, 15) is 23.5 Å². The van der Waals surface area contributed by atoms with E-state index >= 15 is 0 Å². The molecule has 2 N–H and O–H groups in total. The maximum atomic E-state index is 13.7. The highest BCUT2D eigenvalue weighted by molar-refractivity contribution is 7.18. The number of hydrogen-bond donors (Lipinski definition) is 2. The van der Waals surface area contributed by atoms with Crippen LogP contribution in [0.25, 0.3) is 0 Å². The number of hydrogen-bond acceptors (Lipinski definition) is 4. The highest BCUT2D eigenvalue weighted by Gasteiger charge is 2.29. The molecule has 0 aliphatic rings. The minimum atomic E-state index is -1.80. The van der Waals surface area contributed by atoms with Crippen molar-refractivity contribution >= 4 is 34.6 Å². The van der Waals surface area contributed by atoms with Crippen LogP contribution in [-0.2, 0) is 10.4 Å². The fourth-order valence-corrected chi connectivity index (χ4v) is 2.88. The van der Waals surface area contributed by atoms with Gasteiger partial charge < -0.3 is 10.4 Å². The summed E-state index contributed by atoms with van der Waals surface area (Å²) in [5.74, 6) is -3.49. The van der Waals surface area contributed by atoms with E-state index in [1.165, 1.54) is 19.1 Å². The van der Waals surface area contributed by atoms with E-state index in [0.717, 1.165) is 23.5 Å². The molecule has 4 nitrogen and oxygen atoms in total. The van der Waals surface area contributed by atoms with Crippen LogP contribution in [0, 0.1) is 11.6 Å². The van der Waals surface area contributed by atoms with Crippen molar-refractivity contribution in [2.75, 3.05) is 6.54 Å². The van der Waals surface area contributed by atoms with Gasteiger partial charge >= 0.3 is 0 Å². The van der Waals surface area contributed by atoms with Gasteiger partial charge in [-0.1, -0.05) is 17.7 Å². The SMILES string of the molecule is CC(O)(CNC(=O)C(=O)c1ccc(Cl)s1)c1ccc(F)cc1F. The van der Waals surface area contributed by atoms with Crippen LogP contribution >= 0.6 is 22.9 Å². The van der Waals surface area contributed by atoms with Gasteiger partial charge in [0.25, 0.3) is 11.7 Å². The third-order valence-corrected chi connectivity index (χ3v) is 4.34. The number of aliphatic hydroxyl groups is 1. The van der Waals surface area contributed by atoms with Crippen molar-refractivity contribution < 1.29 is 23.5 Å². The summed E-state index contributed by atoms with van der Waals surface area (Å²) in [6, 6.07) is 5.60. The number of ketones is 1. The molecular weight excluding hydrogens is 348 g/mol. The van der Waals surface area contributed by atoms with E-state index in [0.29, 0.717) is 10.4 Å². The summed E-state index contributed by atoms with van der Waals surface area (Å²) < 4.78 is 27.0. The van der Waals surface area contributed by atoms with Crippen molar-refractivity contribution in [3.63, 3.8) is 0 Å². The lowest BCUT2D eigenvalue weighted by Gasteiger charge is -2.24. The van der Waals surface area contributed by atoms with Gasteiger partial charge in [0.1, 0.15) is 17.2 Å². The Kier molecular flexibility index (Phi) is 5.13. The summed E-state index contributed by atoms with van der Waals surface area (Å²) in [4.78, 5) is 23.8. The highest BCUT2D eigenvalue weighted by Crippen LogP contribution is 2.24. The Labute approximate surface area is 139 Å². The lowest BCUT2D eigenvalue weighted by atomic mass is 9.95. The molecule has 0 saturated heterocycles. The molecule has 0 aliphatic heterocycles. The van der Waals surface area contributed by atoms with Crippen LogP contribution in [0.3, 0.4) is 0 Å². The van der Waals surface area contributed by atoms with Crippen LogP contribution in [0.15, 0.2) is 30.3 Å². The summed E-state index contributed by atoms with van der Waals surface area (Å²) >= 11 is 6.64. The van der Waals surface area contributed by atoms with Gasteiger partial charge in [-0.25, -0.2) is 8.78 Å². The number of rotatable bonds is 5. The van der Waals surface area contributed by atoms with E-state index in [4.69, 9.17) is 11.6 Å². The monoisotopic (exact) mass is 359 g/mol. The normalized spacial score (nSPS) is 13.4. The Balaban J connectivity index is 2.06. The third kappa shape index (κ3) is 4.13. The fourth-order valence-electron chi connectivity index (χ4n) is 1.90. The molecule has 0 fully saturated rings. The summed E-state index contributed by atoms with van der Waals surface area (Å²) in [7, 11) is 0. The maximum Gasteiger partial charge on any atom is 0.293 e. The molecule has 0 radical (unpaired) electrons. The molecular formula is C15H12ClF2NO3S. The minimum Gasteiger partial charge on any atom is -0.383 e. The summed E-state index contributed by atoms with van der Waals surface area (Å²) in [5.41, 5.74) is -1.99. The Morgan fingerprint density at radius 3 is 2.57 bits per heavy atom. The molecule has 2 aromatic rings. The molecule has 2 rings (SSSR count). The first-order valence-electron chi connectivity index (χ1n) is 6.46. The van der Waals surface area contributed by atoms with Crippen molar-refractivity contribution in [1.82, 2.24) is 5.32 Å². The second-order valence-electron chi connectivity index (χ2n) is 5.01. The number of nitrogens with one attached hydrogen (secondary N) is 1. The summed E-state index contributed by atoms with van der Waals surface area (Å²) in [6.07, 6.45) is 0. The van der Waals surface area contributed by atoms with Gasteiger partial charge in [-0.15, -0.1) is 11.3 Å². The fraction of sp³-hybridized carbons (Fsp3) is 0.200. The average Bonchev–Trinajstić information content (AvgIpc) is 2.90. The first-order valence-corrected chi connectivity index (χ1v) is 7.66. The Bertz CT molecular complexity index is 761. The Hall–Kier alpha value is -1.83. The smallest absolute Gasteiger partial charge is 0.293 e. The molecule has 8 heteroatoms. The van der Waals surface area contributed by atoms with Gasteiger partial charge in [-0.3, -0.25) is 9.59 Å². The predicted octanol–water partition coefficient (Wildman–Crippen LogP) is 2.89. The zero-order valence-corrected chi connectivity index (χ0v) is 13.5. The number of carbonyl (C=O) groups is 2. The Morgan fingerprint density at radius 1 is 1.30 bits per heavy atom.